The molecule has 0 radical (unpaired) electrons. The third kappa shape index (κ3) is 4.55. The highest BCUT2D eigenvalue weighted by atomic mass is 32.2. The molecule has 1 saturated heterocycles. The Bertz CT molecular complexity index is 770. The van der Waals surface area contributed by atoms with Gasteiger partial charge in [0.05, 0.1) is 22.7 Å². The zero-order chi connectivity index (χ0) is 19.4. The second-order valence-electron chi connectivity index (χ2n) is 6.82. The molecule has 0 saturated carbocycles. The maximum atomic E-state index is 12.1. The molecule has 1 heterocycles. The van der Waals surface area contributed by atoms with Crippen LogP contribution >= 0.6 is 0 Å². The van der Waals surface area contributed by atoms with Crippen molar-refractivity contribution in [1.82, 2.24) is 10.2 Å². The number of carbonyl (C=O) groups is 1. The molecular formula is C18H27N3O4S. The average Bonchev–Trinajstić information content (AvgIpc) is 2.59. The first-order valence-corrected chi connectivity index (χ1v) is 10.3. The van der Waals surface area contributed by atoms with Crippen molar-refractivity contribution in [1.29, 1.82) is 0 Å². The number of aliphatic imine (C=N–C) groups is 1. The third-order valence-corrected chi connectivity index (χ3v) is 7.00. The second-order valence-corrected chi connectivity index (χ2v) is 9.56. The molecule has 0 aromatic heterocycles. The van der Waals surface area contributed by atoms with Crippen LogP contribution in [0.1, 0.15) is 36.7 Å². The fraction of sp³-hybridized carbons (Fsp3) is 0.556. The van der Waals surface area contributed by atoms with E-state index in [4.69, 9.17) is 4.74 Å². The van der Waals surface area contributed by atoms with Crippen LogP contribution in [0.3, 0.4) is 0 Å². The van der Waals surface area contributed by atoms with Gasteiger partial charge in [-0.2, -0.15) is 0 Å². The van der Waals surface area contributed by atoms with Crippen molar-refractivity contribution < 1.29 is 17.9 Å². The molecule has 0 unspecified atom stereocenters. The first-order valence-electron chi connectivity index (χ1n) is 8.64. The van der Waals surface area contributed by atoms with Crippen LogP contribution in [0, 0.1) is 0 Å². The fourth-order valence-electron chi connectivity index (χ4n) is 2.81. The summed E-state index contributed by atoms with van der Waals surface area (Å²) in [5.41, 5.74) is 1.51. The molecule has 0 amide bonds. The molecule has 0 atom stereocenters. The number of guanidine groups is 1. The van der Waals surface area contributed by atoms with Crippen LogP contribution < -0.4 is 5.32 Å². The van der Waals surface area contributed by atoms with Crippen LogP contribution in [0.25, 0.3) is 0 Å². The minimum absolute atomic E-state index is 0.120. The zero-order valence-electron chi connectivity index (χ0n) is 15.8. The molecule has 144 valence electrons. The van der Waals surface area contributed by atoms with Crippen LogP contribution in [-0.2, 0) is 21.1 Å². The summed E-state index contributed by atoms with van der Waals surface area (Å²) in [4.78, 5) is 17.9. The molecule has 1 N–H and O–H groups in total. The Hall–Kier alpha value is -2.09. The summed E-state index contributed by atoms with van der Waals surface area (Å²) in [5.74, 6) is 0.455. The van der Waals surface area contributed by atoms with Gasteiger partial charge in [-0.25, -0.2) is 13.2 Å². The molecule has 0 bridgehead atoms. The van der Waals surface area contributed by atoms with Crippen LogP contribution in [0.2, 0.25) is 0 Å². The van der Waals surface area contributed by atoms with Gasteiger partial charge in [-0.3, -0.25) is 4.99 Å². The van der Waals surface area contributed by atoms with Crippen LogP contribution in [0.5, 0.6) is 0 Å². The van der Waals surface area contributed by atoms with Crippen molar-refractivity contribution in [3.8, 4) is 0 Å². The fourth-order valence-corrected chi connectivity index (χ4v) is 4.18. The van der Waals surface area contributed by atoms with E-state index < -0.39 is 14.6 Å². The second kappa shape index (κ2) is 8.07. The Morgan fingerprint density at radius 1 is 1.31 bits per heavy atom. The van der Waals surface area contributed by atoms with Crippen molar-refractivity contribution in [3.63, 3.8) is 0 Å². The van der Waals surface area contributed by atoms with E-state index in [0.29, 0.717) is 37.8 Å². The summed E-state index contributed by atoms with van der Waals surface area (Å²) in [6.45, 7) is 6.96. The maximum Gasteiger partial charge on any atom is 0.338 e. The smallest absolute Gasteiger partial charge is 0.338 e. The van der Waals surface area contributed by atoms with Gasteiger partial charge >= 0.3 is 5.97 Å². The number of carbonyl (C=O) groups excluding carboxylic acids is 1. The first-order chi connectivity index (χ1) is 12.2. The highest BCUT2D eigenvalue weighted by Gasteiger charge is 2.40. The molecule has 0 spiro atoms. The summed E-state index contributed by atoms with van der Waals surface area (Å²) in [7, 11) is -1.41. The van der Waals surface area contributed by atoms with Crippen molar-refractivity contribution in [2.24, 2.45) is 4.99 Å². The largest absolute Gasteiger partial charge is 0.462 e. The van der Waals surface area contributed by atoms with Crippen molar-refractivity contribution in [2.75, 3.05) is 32.5 Å². The Morgan fingerprint density at radius 2 is 1.96 bits per heavy atom. The number of nitrogens with zero attached hydrogens (tertiary/aromatic N) is 2. The number of sulfone groups is 1. The summed E-state index contributed by atoms with van der Waals surface area (Å²) in [6, 6.07) is 7.18. The van der Waals surface area contributed by atoms with E-state index >= 15 is 0 Å². The van der Waals surface area contributed by atoms with Gasteiger partial charge in [-0.15, -0.1) is 0 Å². The normalized spacial score (nSPS) is 19.1. The number of hydrogen-bond acceptors (Lipinski definition) is 5. The number of rotatable bonds is 4. The molecular weight excluding hydrogens is 354 g/mol. The molecule has 8 heteroatoms. The van der Waals surface area contributed by atoms with Gasteiger partial charge in [0.15, 0.2) is 15.8 Å². The number of esters is 1. The summed E-state index contributed by atoms with van der Waals surface area (Å²) < 4.78 is 28.5. The quantitative estimate of drug-likeness (QED) is 0.482. The Balaban J connectivity index is 1.98. The first kappa shape index (κ1) is 20.2. The Kier molecular flexibility index (Phi) is 6.28. The average molecular weight is 381 g/mol. The molecule has 1 aromatic carbocycles. The minimum Gasteiger partial charge on any atom is -0.462 e. The van der Waals surface area contributed by atoms with Gasteiger partial charge in [-0.1, -0.05) is 12.1 Å². The lowest BCUT2D eigenvalue weighted by atomic mass is 10.1. The Morgan fingerprint density at radius 3 is 2.50 bits per heavy atom. The van der Waals surface area contributed by atoms with E-state index in [9.17, 15) is 13.2 Å². The third-order valence-electron chi connectivity index (χ3n) is 4.47. The Labute approximate surface area is 155 Å². The maximum absolute atomic E-state index is 12.1. The molecule has 1 aliphatic rings. The van der Waals surface area contributed by atoms with Crippen LogP contribution in [0.15, 0.2) is 29.3 Å². The lowest BCUT2D eigenvalue weighted by molar-refractivity contribution is 0.0526. The number of nitrogens with one attached hydrogen (secondary N) is 1. The predicted octanol–water partition coefficient (Wildman–Crippen LogP) is 1.45. The topological polar surface area (TPSA) is 88.1 Å². The lowest BCUT2D eigenvalue weighted by Gasteiger charge is -2.39. The lowest BCUT2D eigenvalue weighted by Crippen LogP contribution is -2.57. The van der Waals surface area contributed by atoms with Gasteiger partial charge in [-0.05, 0) is 38.5 Å². The van der Waals surface area contributed by atoms with Crippen LogP contribution in [-0.4, -0.2) is 62.5 Å². The van der Waals surface area contributed by atoms with E-state index in [2.05, 4.69) is 10.3 Å². The monoisotopic (exact) mass is 381 g/mol. The van der Waals surface area contributed by atoms with Gasteiger partial charge in [0, 0.05) is 26.7 Å². The SMILES string of the molecule is CCOC(=O)c1ccc(CNC(=NC)N2CCS(=O)(=O)C(C)(C)C2)cc1. The number of benzene rings is 1. The van der Waals surface area contributed by atoms with Crippen molar-refractivity contribution >= 4 is 21.8 Å². The van der Waals surface area contributed by atoms with Gasteiger partial charge in [0.1, 0.15) is 0 Å². The molecule has 1 fully saturated rings. The summed E-state index contributed by atoms with van der Waals surface area (Å²) >= 11 is 0. The molecule has 7 nitrogen and oxygen atoms in total. The highest BCUT2D eigenvalue weighted by Crippen LogP contribution is 2.23. The van der Waals surface area contributed by atoms with Crippen molar-refractivity contribution in [3.05, 3.63) is 35.4 Å². The summed E-state index contributed by atoms with van der Waals surface area (Å²) in [6.07, 6.45) is 0. The number of ether oxygens (including phenoxy) is 1. The standard InChI is InChI=1S/C18H27N3O4S/c1-5-25-16(22)15-8-6-14(7-9-15)12-20-17(19-4)21-10-11-26(23,24)18(2,3)13-21/h6-9H,5,10-13H2,1-4H3,(H,19,20). The minimum atomic E-state index is -3.09. The van der Waals surface area contributed by atoms with E-state index in [1.165, 1.54) is 0 Å². The van der Waals surface area contributed by atoms with Gasteiger partial charge in [0.25, 0.3) is 0 Å². The molecule has 1 aliphatic heterocycles. The molecule has 1 aromatic rings. The zero-order valence-corrected chi connectivity index (χ0v) is 16.6. The van der Waals surface area contributed by atoms with Crippen LogP contribution in [0.4, 0.5) is 0 Å². The van der Waals surface area contributed by atoms with Gasteiger partial charge in [0.2, 0.25) is 0 Å². The number of hydrogen-bond donors (Lipinski definition) is 1. The summed E-state index contributed by atoms with van der Waals surface area (Å²) in [5, 5.41) is 3.26. The van der Waals surface area contributed by atoms with E-state index in [-0.39, 0.29) is 11.7 Å². The molecule has 2 rings (SSSR count). The van der Waals surface area contributed by atoms with Gasteiger partial charge < -0.3 is 15.0 Å². The van der Waals surface area contributed by atoms with Crippen molar-refractivity contribution in [2.45, 2.75) is 32.1 Å². The molecule has 0 aliphatic carbocycles. The predicted molar refractivity (Wildman–Crippen MR) is 102 cm³/mol. The van der Waals surface area contributed by atoms with E-state index in [1.54, 1.807) is 40.0 Å². The molecule has 26 heavy (non-hydrogen) atoms. The highest BCUT2D eigenvalue weighted by molar-refractivity contribution is 7.92. The van der Waals surface area contributed by atoms with E-state index in [1.807, 2.05) is 17.0 Å². The van der Waals surface area contributed by atoms with E-state index in [0.717, 1.165) is 5.56 Å².